The van der Waals surface area contributed by atoms with Crippen molar-refractivity contribution in [2.24, 2.45) is 0 Å². The van der Waals surface area contributed by atoms with E-state index in [2.05, 4.69) is 10.5 Å². The van der Waals surface area contributed by atoms with E-state index in [1.807, 2.05) is 17.0 Å². The highest BCUT2D eigenvalue weighted by molar-refractivity contribution is 5.98. The molecule has 1 aliphatic rings. The topological polar surface area (TPSA) is 95.8 Å². The van der Waals surface area contributed by atoms with Gasteiger partial charge in [-0.1, -0.05) is 17.3 Å². The van der Waals surface area contributed by atoms with Crippen LogP contribution in [0.1, 0.15) is 34.5 Å². The number of carbonyl (C=O) groups excluding carboxylic acids is 3. The van der Waals surface area contributed by atoms with Crippen LogP contribution in [0.25, 0.3) is 0 Å². The molecule has 0 radical (unpaired) electrons. The van der Waals surface area contributed by atoms with E-state index in [0.717, 1.165) is 18.5 Å². The molecule has 1 aliphatic heterocycles. The standard InChI is InChI=1S/C19H22N4O4/c1-13-10-16(21-27-13)20-17(24)12-22(2)19(26)15-7-5-14(6-8-15)11-23-9-3-4-18(23)25/h5-8,10H,3-4,9,11-12H2,1-2H3,(H,20,21,24). The van der Waals surface area contributed by atoms with Crippen LogP contribution in [0.15, 0.2) is 34.9 Å². The summed E-state index contributed by atoms with van der Waals surface area (Å²) in [5.41, 5.74) is 1.46. The Labute approximate surface area is 157 Å². The van der Waals surface area contributed by atoms with Gasteiger partial charge in [0, 0.05) is 38.2 Å². The third-order valence-electron chi connectivity index (χ3n) is 4.37. The predicted molar refractivity (Wildman–Crippen MR) is 97.9 cm³/mol. The summed E-state index contributed by atoms with van der Waals surface area (Å²) in [7, 11) is 1.56. The van der Waals surface area contributed by atoms with Gasteiger partial charge < -0.3 is 19.6 Å². The van der Waals surface area contributed by atoms with Crippen molar-refractivity contribution in [1.82, 2.24) is 15.0 Å². The predicted octanol–water partition coefficient (Wildman–Crippen LogP) is 1.82. The van der Waals surface area contributed by atoms with E-state index in [0.29, 0.717) is 30.1 Å². The van der Waals surface area contributed by atoms with Gasteiger partial charge in [0.2, 0.25) is 11.8 Å². The Hall–Kier alpha value is -3.16. The van der Waals surface area contributed by atoms with Crippen LogP contribution in [-0.2, 0) is 16.1 Å². The minimum atomic E-state index is -0.358. The molecule has 1 fully saturated rings. The van der Waals surface area contributed by atoms with Gasteiger partial charge in [0.25, 0.3) is 5.91 Å². The molecule has 1 N–H and O–H groups in total. The van der Waals surface area contributed by atoms with E-state index >= 15 is 0 Å². The summed E-state index contributed by atoms with van der Waals surface area (Å²) in [5.74, 6) is 0.460. The Morgan fingerprint density at radius 3 is 2.63 bits per heavy atom. The van der Waals surface area contributed by atoms with Crippen molar-refractivity contribution >= 4 is 23.5 Å². The fourth-order valence-electron chi connectivity index (χ4n) is 2.96. The Morgan fingerprint density at radius 2 is 2.04 bits per heavy atom. The van der Waals surface area contributed by atoms with Gasteiger partial charge in [-0.15, -0.1) is 0 Å². The second-order valence-electron chi connectivity index (χ2n) is 6.65. The number of nitrogens with zero attached hydrogens (tertiary/aromatic N) is 3. The lowest BCUT2D eigenvalue weighted by Crippen LogP contribution is -2.35. The third-order valence-corrected chi connectivity index (χ3v) is 4.37. The Balaban J connectivity index is 1.54. The molecule has 0 aliphatic carbocycles. The summed E-state index contributed by atoms with van der Waals surface area (Å²) < 4.78 is 4.88. The third kappa shape index (κ3) is 4.72. The fraction of sp³-hybridized carbons (Fsp3) is 0.368. The van der Waals surface area contributed by atoms with Crippen LogP contribution in [-0.4, -0.2) is 52.8 Å². The number of amides is 3. The van der Waals surface area contributed by atoms with Gasteiger partial charge in [0.05, 0.1) is 6.54 Å². The molecule has 0 atom stereocenters. The molecule has 8 heteroatoms. The zero-order valence-corrected chi connectivity index (χ0v) is 15.4. The summed E-state index contributed by atoms with van der Waals surface area (Å²) in [5, 5.41) is 6.26. The molecule has 0 unspecified atom stereocenters. The Kier molecular flexibility index (Phi) is 5.54. The highest BCUT2D eigenvalue weighted by atomic mass is 16.5. The van der Waals surface area contributed by atoms with Crippen molar-refractivity contribution in [3.63, 3.8) is 0 Å². The molecule has 142 valence electrons. The first-order chi connectivity index (χ1) is 12.9. The summed E-state index contributed by atoms with van der Waals surface area (Å²) >= 11 is 0. The SMILES string of the molecule is Cc1cc(NC(=O)CN(C)C(=O)c2ccc(CN3CCCC3=O)cc2)no1. The molecule has 3 amide bonds. The van der Waals surface area contributed by atoms with Crippen LogP contribution < -0.4 is 5.32 Å². The molecule has 1 saturated heterocycles. The molecule has 8 nitrogen and oxygen atoms in total. The lowest BCUT2D eigenvalue weighted by atomic mass is 10.1. The number of carbonyl (C=O) groups is 3. The van der Waals surface area contributed by atoms with Crippen molar-refractivity contribution in [1.29, 1.82) is 0 Å². The average molecular weight is 370 g/mol. The lowest BCUT2D eigenvalue weighted by molar-refractivity contribution is -0.128. The first-order valence-electron chi connectivity index (χ1n) is 8.78. The van der Waals surface area contributed by atoms with E-state index in [1.165, 1.54) is 4.90 Å². The minimum Gasteiger partial charge on any atom is -0.360 e. The maximum Gasteiger partial charge on any atom is 0.254 e. The van der Waals surface area contributed by atoms with Crippen molar-refractivity contribution in [2.75, 3.05) is 25.5 Å². The van der Waals surface area contributed by atoms with Gasteiger partial charge >= 0.3 is 0 Å². The monoisotopic (exact) mass is 370 g/mol. The molecule has 3 rings (SSSR count). The molecule has 0 bridgehead atoms. The number of anilines is 1. The molecule has 27 heavy (non-hydrogen) atoms. The zero-order valence-electron chi connectivity index (χ0n) is 15.4. The number of benzene rings is 1. The van der Waals surface area contributed by atoms with Crippen LogP contribution in [0.4, 0.5) is 5.82 Å². The second kappa shape index (κ2) is 8.03. The minimum absolute atomic E-state index is 0.102. The quantitative estimate of drug-likeness (QED) is 0.837. The van der Waals surface area contributed by atoms with E-state index in [9.17, 15) is 14.4 Å². The number of likely N-dealkylation sites (N-methyl/N-ethyl adjacent to an activating group) is 1. The number of likely N-dealkylation sites (tertiary alicyclic amines) is 1. The molecule has 0 spiro atoms. The molecular weight excluding hydrogens is 348 g/mol. The van der Waals surface area contributed by atoms with Crippen molar-refractivity contribution in [2.45, 2.75) is 26.3 Å². The van der Waals surface area contributed by atoms with Crippen LogP contribution >= 0.6 is 0 Å². The summed E-state index contributed by atoms with van der Waals surface area (Å²) in [6.07, 6.45) is 1.51. The van der Waals surface area contributed by atoms with Crippen molar-refractivity contribution in [3.8, 4) is 0 Å². The average Bonchev–Trinajstić information content (AvgIpc) is 3.23. The maximum absolute atomic E-state index is 12.5. The first kappa shape index (κ1) is 18.6. The Morgan fingerprint density at radius 1 is 1.30 bits per heavy atom. The van der Waals surface area contributed by atoms with E-state index in [4.69, 9.17) is 4.52 Å². The number of nitrogens with one attached hydrogen (secondary N) is 1. The largest absolute Gasteiger partial charge is 0.360 e. The van der Waals surface area contributed by atoms with Crippen LogP contribution in [0.5, 0.6) is 0 Å². The molecule has 2 heterocycles. The van der Waals surface area contributed by atoms with E-state index in [1.54, 1.807) is 32.2 Å². The fourth-order valence-corrected chi connectivity index (χ4v) is 2.96. The molecule has 2 aromatic rings. The van der Waals surface area contributed by atoms with Crippen molar-refractivity contribution in [3.05, 3.63) is 47.2 Å². The molecule has 0 saturated carbocycles. The van der Waals surface area contributed by atoms with Gasteiger partial charge in [-0.25, -0.2) is 0 Å². The number of aryl methyl sites for hydroxylation is 1. The molecular formula is C19H22N4O4. The van der Waals surface area contributed by atoms with Crippen LogP contribution in [0, 0.1) is 6.92 Å². The first-order valence-corrected chi connectivity index (χ1v) is 8.78. The normalized spacial score (nSPS) is 13.7. The molecule has 1 aromatic heterocycles. The summed E-state index contributed by atoms with van der Waals surface area (Å²) in [4.78, 5) is 39.4. The van der Waals surface area contributed by atoms with Gasteiger partial charge in [-0.05, 0) is 31.0 Å². The van der Waals surface area contributed by atoms with Crippen LogP contribution in [0.2, 0.25) is 0 Å². The van der Waals surface area contributed by atoms with Gasteiger partial charge in [0.1, 0.15) is 5.76 Å². The van der Waals surface area contributed by atoms with Gasteiger partial charge in [-0.3, -0.25) is 14.4 Å². The zero-order chi connectivity index (χ0) is 19.4. The van der Waals surface area contributed by atoms with Gasteiger partial charge in [0.15, 0.2) is 5.82 Å². The van der Waals surface area contributed by atoms with Gasteiger partial charge in [-0.2, -0.15) is 0 Å². The summed E-state index contributed by atoms with van der Waals surface area (Å²) in [6, 6.07) is 8.71. The van der Waals surface area contributed by atoms with Crippen molar-refractivity contribution < 1.29 is 18.9 Å². The highest BCUT2D eigenvalue weighted by Gasteiger charge is 2.20. The highest BCUT2D eigenvalue weighted by Crippen LogP contribution is 2.15. The summed E-state index contributed by atoms with van der Waals surface area (Å²) in [6.45, 7) is 2.96. The number of aromatic nitrogens is 1. The lowest BCUT2D eigenvalue weighted by Gasteiger charge is -2.18. The van der Waals surface area contributed by atoms with E-state index < -0.39 is 0 Å². The number of hydrogen-bond donors (Lipinski definition) is 1. The van der Waals surface area contributed by atoms with E-state index in [-0.39, 0.29) is 24.3 Å². The van der Waals surface area contributed by atoms with Crippen LogP contribution in [0.3, 0.4) is 0 Å². The number of rotatable bonds is 6. The Bertz CT molecular complexity index is 844. The second-order valence-corrected chi connectivity index (χ2v) is 6.65. The maximum atomic E-state index is 12.5. The number of hydrogen-bond acceptors (Lipinski definition) is 5. The smallest absolute Gasteiger partial charge is 0.254 e. The molecule has 1 aromatic carbocycles.